The summed E-state index contributed by atoms with van der Waals surface area (Å²) in [5.41, 5.74) is 3.38. The van der Waals surface area contributed by atoms with Crippen molar-refractivity contribution in [2.45, 2.75) is 37.7 Å². The van der Waals surface area contributed by atoms with Gasteiger partial charge < -0.3 is 15.3 Å². The number of piperidine rings is 1. The van der Waals surface area contributed by atoms with Crippen molar-refractivity contribution < 1.29 is 5.11 Å². The smallest absolute Gasteiger partial charge is 0.162 e. The molecule has 9 heteroatoms. The minimum atomic E-state index is -0.259. The van der Waals surface area contributed by atoms with E-state index in [-0.39, 0.29) is 6.10 Å². The van der Waals surface area contributed by atoms with Crippen LogP contribution in [0.25, 0.3) is 22.3 Å². The van der Waals surface area contributed by atoms with Gasteiger partial charge in [-0.2, -0.15) is 5.26 Å². The quantitative estimate of drug-likeness (QED) is 0.452. The zero-order valence-corrected chi connectivity index (χ0v) is 19.1. The molecule has 0 radical (unpaired) electrons. The van der Waals surface area contributed by atoms with E-state index in [9.17, 15) is 5.11 Å². The molecule has 0 spiro atoms. The van der Waals surface area contributed by atoms with Crippen molar-refractivity contribution in [3.8, 4) is 17.5 Å². The van der Waals surface area contributed by atoms with Crippen LogP contribution in [-0.2, 0) is 0 Å². The van der Waals surface area contributed by atoms with E-state index < -0.39 is 0 Å². The Morgan fingerprint density at radius 1 is 0.971 bits per heavy atom. The molecule has 1 saturated carbocycles. The fourth-order valence-corrected chi connectivity index (χ4v) is 4.57. The van der Waals surface area contributed by atoms with Crippen molar-refractivity contribution in [1.82, 2.24) is 24.9 Å². The van der Waals surface area contributed by atoms with Crippen LogP contribution >= 0.6 is 0 Å². The Bertz CT molecular complexity index is 1440. The molecule has 35 heavy (non-hydrogen) atoms. The normalized spacial score (nSPS) is 16.3. The lowest BCUT2D eigenvalue weighted by molar-refractivity contribution is 0.145. The Morgan fingerprint density at radius 3 is 2.51 bits per heavy atom. The lowest BCUT2D eigenvalue weighted by Gasteiger charge is -2.31. The number of nitrogens with one attached hydrogen (secondary N) is 1. The first-order valence-corrected chi connectivity index (χ1v) is 11.9. The summed E-state index contributed by atoms with van der Waals surface area (Å²) in [6.07, 6.45) is 10.6. The maximum atomic E-state index is 10.1. The highest BCUT2D eigenvalue weighted by molar-refractivity contribution is 5.94. The molecule has 1 aliphatic heterocycles. The van der Waals surface area contributed by atoms with Crippen molar-refractivity contribution in [3.05, 3.63) is 60.2 Å². The molecule has 4 aromatic rings. The van der Waals surface area contributed by atoms with E-state index in [2.05, 4.69) is 31.2 Å². The summed E-state index contributed by atoms with van der Waals surface area (Å²) in [7, 11) is 0. The van der Waals surface area contributed by atoms with Crippen LogP contribution < -0.4 is 10.2 Å². The zero-order valence-electron chi connectivity index (χ0n) is 19.1. The van der Waals surface area contributed by atoms with E-state index in [1.165, 1.54) is 18.4 Å². The van der Waals surface area contributed by atoms with Gasteiger partial charge in [-0.15, -0.1) is 0 Å². The van der Waals surface area contributed by atoms with Crippen LogP contribution in [0.3, 0.4) is 0 Å². The Labute approximate surface area is 202 Å². The molecule has 2 fully saturated rings. The third kappa shape index (κ3) is 4.36. The predicted octanol–water partition coefficient (Wildman–Crippen LogP) is 3.94. The van der Waals surface area contributed by atoms with E-state index in [1.54, 1.807) is 24.5 Å². The molecular formula is C26H24N8O. The summed E-state index contributed by atoms with van der Waals surface area (Å²) in [5.74, 6) is 3.15. The number of pyridine rings is 3. The van der Waals surface area contributed by atoms with Crippen molar-refractivity contribution in [3.63, 3.8) is 0 Å². The molecule has 0 aromatic carbocycles. The lowest BCUT2D eigenvalue weighted by atomic mass is 10.0. The summed E-state index contributed by atoms with van der Waals surface area (Å²) in [6.45, 7) is 1.51. The second-order valence-corrected chi connectivity index (χ2v) is 9.08. The fraction of sp³-hybridized carbons (Fsp3) is 0.308. The molecule has 1 aliphatic carbocycles. The van der Waals surface area contributed by atoms with Gasteiger partial charge in [-0.1, -0.05) is 0 Å². The highest BCUT2D eigenvalue weighted by Crippen LogP contribution is 2.45. The summed E-state index contributed by atoms with van der Waals surface area (Å²) < 4.78 is 0. The van der Waals surface area contributed by atoms with Crippen molar-refractivity contribution in [1.29, 1.82) is 5.26 Å². The SMILES string of the molecule is N#Cc1ccnc(Nc2cc(-c3nc(N4CCC(O)CC4)c4c(C5CC5)cncc4n3)ccn2)c1. The number of hydrogen-bond acceptors (Lipinski definition) is 9. The molecule has 9 nitrogen and oxygen atoms in total. The summed E-state index contributed by atoms with van der Waals surface area (Å²) in [6, 6.07) is 9.21. The summed E-state index contributed by atoms with van der Waals surface area (Å²) in [4.78, 5) is 25.4. The van der Waals surface area contributed by atoms with Crippen molar-refractivity contribution >= 4 is 28.4 Å². The molecule has 174 valence electrons. The Morgan fingerprint density at radius 2 is 1.74 bits per heavy atom. The number of aromatic nitrogens is 5. The van der Waals surface area contributed by atoms with Gasteiger partial charge in [0, 0.05) is 42.6 Å². The Hall–Kier alpha value is -4.16. The standard InChI is InChI=1S/C26H24N8O/c27-13-16-3-7-29-22(11-16)32-23-12-18(4-8-30-23)25-31-21-15-28-14-20(17-1-2-17)24(21)26(33-25)34-9-5-19(35)6-10-34/h3-4,7-8,11-12,14-15,17,19,35H,1-2,5-6,9-10H2,(H,29,30,32). The number of hydrogen-bond donors (Lipinski definition) is 2. The number of fused-ring (bicyclic) bond motifs is 1. The molecule has 5 heterocycles. The van der Waals surface area contributed by atoms with Crippen LogP contribution in [0.1, 0.15) is 42.7 Å². The zero-order chi connectivity index (χ0) is 23.8. The molecule has 2 N–H and O–H groups in total. The number of nitriles is 1. The molecular weight excluding hydrogens is 440 g/mol. The average molecular weight is 465 g/mol. The van der Waals surface area contributed by atoms with E-state index in [1.807, 2.05) is 24.5 Å². The van der Waals surface area contributed by atoms with Gasteiger partial charge in [0.15, 0.2) is 5.82 Å². The van der Waals surface area contributed by atoms with Gasteiger partial charge in [-0.25, -0.2) is 19.9 Å². The molecule has 6 rings (SSSR count). The average Bonchev–Trinajstić information content (AvgIpc) is 3.74. The van der Waals surface area contributed by atoms with E-state index in [4.69, 9.17) is 15.2 Å². The van der Waals surface area contributed by atoms with Gasteiger partial charge in [0.2, 0.25) is 0 Å². The molecule has 0 unspecified atom stereocenters. The van der Waals surface area contributed by atoms with E-state index in [0.29, 0.717) is 28.9 Å². The highest BCUT2D eigenvalue weighted by Gasteiger charge is 2.30. The van der Waals surface area contributed by atoms with Gasteiger partial charge in [-0.3, -0.25) is 4.98 Å². The van der Waals surface area contributed by atoms with Crippen molar-refractivity contribution in [2.75, 3.05) is 23.3 Å². The van der Waals surface area contributed by atoms with Gasteiger partial charge >= 0.3 is 0 Å². The minimum Gasteiger partial charge on any atom is -0.393 e. The first kappa shape index (κ1) is 21.4. The summed E-state index contributed by atoms with van der Waals surface area (Å²) in [5, 5.41) is 23.4. The van der Waals surface area contributed by atoms with Crippen LogP contribution in [0.2, 0.25) is 0 Å². The second-order valence-electron chi connectivity index (χ2n) is 9.08. The van der Waals surface area contributed by atoms with E-state index in [0.717, 1.165) is 48.2 Å². The van der Waals surface area contributed by atoms with Crippen molar-refractivity contribution in [2.24, 2.45) is 0 Å². The number of aliphatic hydroxyl groups excluding tert-OH is 1. The van der Waals surface area contributed by atoms with Gasteiger partial charge in [-0.05, 0) is 61.4 Å². The molecule has 2 aliphatic rings. The second kappa shape index (κ2) is 8.89. The monoisotopic (exact) mass is 464 g/mol. The third-order valence-electron chi connectivity index (χ3n) is 6.56. The van der Waals surface area contributed by atoms with Crippen LogP contribution in [-0.4, -0.2) is 49.2 Å². The maximum Gasteiger partial charge on any atom is 0.162 e. The largest absolute Gasteiger partial charge is 0.393 e. The number of aliphatic hydroxyl groups is 1. The van der Waals surface area contributed by atoms with Gasteiger partial charge in [0.25, 0.3) is 0 Å². The molecule has 1 saturated heterocycles. The fourth-order valence-electron chi connectivity index (χ4n) is 4.57. The van der Waals surface area contributed by atoms with Crippen LogP contribution in [0.15, 0.2) is 49.1 Å². The Kier molecular flexibility index (Phi) is 5.43. The first-order chi connectivity index (χ1) is 17.2. The Balaban J connectivity index is 1.42. The molecule has 4 aromatic heterocycles. The molecule has 0 bridgehead atoms. The number of nitrogens with zero attached hydrogens (tertiary/aromatic N) is 7. The van der Waals surface area contributed by atoms with Gasteiger partial charge in [0.05, 0.1) is 29.5 Å². The van der Waals surface area contributed by atoms with Crippen LogP contribution in [0, 0.1) is 11.3 Å². The topological polar surface area (TPSA) is 124 Å². The summed E-state index contributed by atoms with van der Waals surface area (Å²) >= 11 is 0. The number of rotatable bonds is 5. The van der Waals surface area contributed by atoms with Gasteiger partial charge in [0.1, 0.15) is 17.5 Å². The van der Waals surface area contributed by atoms with Crippen LogP contribution in [0.4, 0.5) is 17.5 Å². The molecule has 0 atom stereocenters. The highest BCUT2D eigenvalue weighted by atomic mass is 16.3. The third-order valence-corrected chi connectivity index (χ3v) is 6.56. The minimum absolute atomic E-state index is 0.259. The maximum absolute atomic E-state index is 10.1. The molecule has 0 amide bonds. The predicted molar refractivity (Wildman–Crippen MR) is 132 cm³/mol. The van der Waals surface area contributed by atoms with E-state index >= 15 is 0 Å². The number of anilines is 3. The first-order valence-electron chi connectivity index (χ1n) is 11.9. The van der Waals surface area contributed by atoms with Crippen LogP contribution in [0.5, 0.6) is 0 Å². The lowest BCUT2D eigenvalue weighted by Crippen LogP contribution is -2.36.